The third-order valence-electron chi connectivity index (χ3n) is 3.40. The largest absolute Gasteiger partial charge is 0.468 e. The van der Waals surface area contributed by atoms with Crippen molar-refractivity contribution in [1.29, 1.82) is 0 Å². The molecule has 7 nitrogen and oxygen atoms in total. The standard InChI is InChI=1S/C16H13Cl2FN2O5S/c1-27(23)21-15(22)10-3-11(17)14(4-13(10)19)25-8-2-12(18)16(20-5-8)26-9-6-24-7-9/h2-5,9H,6-7H2,1H3,(H,21,22). The van der Waals surface area contributed by atoms with Crippen LogP contribution in [0.5, 0.6) is 17.4 Å². The number of ether oxygens (including phenoxy) is 3. The van der Waals surface area contributed by atoms with Gasteiger partial charge in [0, 0.05) is 18.4 Å². The van der Waals surface area contributed by atoms with E-state index in [2.05, 4.69) is 9.71 Å². The van der Waals surface area contributed by atoms with Crippen LogP contribution in [0, 0.1) is 5.82 Å². The second-order valence-electron chi connectivity index (χ2n) is 5.49. The second-order valence-corrected chi connectivity index (χ2v) is 7.41. The fourth-order valence-electron chi connectivity index (χ4n) is 2.08. The predicted octanol–water partition coefficient (Wildman–Crippen LogP) is 3.12. The van der Waals surface area contributed by atoms with E-state index < -0.39 is 22.7 Å². The number of halogens is 3. The van der Waals surface area contributed by atoms with Crippen LogP contribution >= 0.6 is 23.2 Å². The zero-order chi connectivity index (χ0) is 19.6. The first-order valence-corrected chi connectivity index (χ1v) is 9.86. The zero-order valence-electron chi connectivity index (χ0n) is 13.8. The summed E-state index contributed by atoms with van der Waals surface area (Å²) in [6.45, 7) is 0.938. The van der Waals surface area contributed by atoms with E-state index in [0.717, 1.165) is 12.1 Å². The molecule has 3 rings (SSSR count). The van der Waals surface area contributed by atoms with Crippen LogP contribution in [-0.2, 0) is 15.7 Å². The lowest BCUT2D eigenvalue weighted by atomic mass is 10.2. The molecule has 1 aliphatic heterocycles. The molecule has 1 aromatic heterocycles. The molecule has 27 heavy (non-hydrogen) atoms. The molecule has 1 amide bonds. The van der Waals surface area contributed by atoms with E-state index in [9.17, 15) is 13.4 Å². The molecule has 1 N–H and O–H groups in total. The van der Waals surface area contributed by atoms with E-state index in [1.807, 2.05) is 0 Å². The van der Waals surface area contributed by atoms with Gasteiger partial charge >= 0.3 is 0 Å². The third-order valence-corrected chi connectivity index (χ3v) is 4.44. The summed E-state index contributed by atoms with van der Waals surface area (Å²) in [5.41, 5.74) is -0.356. The van der Waals surface area contributed by atoms with Gasteiger partial charge in [0.25, 0.3) is 5.91 Å². The van der Waals surface area contributed by atoms with Crippen LogP contribution in [0.15, 0.2) is 24.4 Å². The number of hydrogen-bond acceptors (Lipinski definition) is 6. The highest BCUT2D eigenvalue weighted by atomic mass is 35.5. The van der Waals surface area contributed by atoms with Crippen molar-refractivity contribution < 1.29 is 27.6 Å². The molecular weight excluding hydrogens is 422 g/mol. The van der Waals surface area contributed by atoms with Crippen molar-refractivity contribution in [3.8, 4) is 17.4 Å². The first kappa shape index (κ1) is 19.8. The summed E-state index contributed by atoms with van der Waals surface area (Å²) in [5.74, 6) is -1.35. The maximum atomic E-state index is 14.2. The first-order valence-electron chi connectivity index (χ1n) is 7.54. The van der Waals surface area contributed by atoms with E-state index in [1.165, 1.54) is 18.5 Å². The van der Waals surface area contributed by atoms with Crippen LogP contribution < -0.4 is 14.2 Å². The predicted molar refractivity (Wildman–Crippen MR) is 97.5 cm³/mol. The SMILES string of the molecule is CS(=O)NC(=O)c1cc(Cl)c(Oc2cnc(OC3COC3)c(Cl)c2)cc1F. The Bertz CT molecular complexity index is 911. The summed E-state index contributed by atoms with van der Waals surface area (Å²) in [7, 11) is -1.64. The molecule has 1 atom stereocenters. The van der Waals surface area contributed by atoms with E-state index in [4.69, 9.17) is 37.4 Å². The quantitative estimate of drug-likeness (QED) is 0.751. The Labute approximate surface area is 166 Å². The van der Waals surface area contributed by atoms with Crippen molar-refractivity contribution >= 4 is 40.1 Å². The van der Waals surface area contributed by atoms with Crippen molar-refractivity contribution in [2.75, 3.05) is 19.5 Å². The molecular formula is C16H13Cl2FN2O5S. The highest BCUT2D eigenvalue weighted by Crippen LogP contribution is 2.34. The molecule has 1 unspecified atom stereocenters. The summed E-state index contributed by atoms with van der Waals surface area (Å²) in [6.07, 6.45) is 2.49. The highest BCUT2D eigenvalue weighted by molar-refractivity contribution is 7.82. The number of hydrogen-bond donors (Lipinski definition) is 1. The molecule has 144 valence electrons. The molecule has 0 aliphatic carbocycles. The van der Waals surface area contributed by atoms with Crippen LogP contribution in [0.3, 0.4) is 0 Å². The lowest BCUT2D eigenvalue weighted by Crippen LogP contribution is -2.38. The Morgan fingerprint density at radius 1 is 1.33 bits per heavy atom. The molecule has 0 bridgehead atoms. The average molecular weight is 435 g/mol. The fourth-order valence-corrected chi connectivity index (χ4v) is 2.86. The number of carbonyl (C=O) groups is 1. The minimum Gasteiger partial charge on any atom is -0.468 e. The maximum Gasteiger partial charge on any atom is 0.265 e. The van der Waals surface area contributed by atoms with Crippen molar-refractivity contribution in [3.05, 3.63) is 45.8 Å². The molecule has 2 aromatic rings. The Hall–Kier alpha value is -1.94. The number of amides is 1. The van der Waals surface area contributed by atoms with Crippen molar-refractivity contribution in [3.63, 3.8) is 0 Å². The maximum absolute atomic E-state index is 14.2. The van der Waals surface area contributed by atoms with Crippen molar-refractivity contribution in [2.24, 2.45) is 0 Å². The van der Waals surface area contributed by atoms with E-state index >= 15 is 0 Å². The number of pyridine rings is 1. The van der Waals surface area contributed by atoms with E-state index in [-0.39, 0.29) is 39.1 Å². The fraction of sp³-hybridized carbons (Fsp3) is 0.250. The van der Waals surface area contributed by atoms with Gasteiger partial charge in [0.15, 0.2) is 0 Å². The monoisotopic (exact) mass is 434 g/mol. The average Bonchev–Trinajstić information content (AvgIpc) is 2.54. The van der Waals surface area contributed by atoms with Crippen LogP contribution in [-0.4, -0.2) is 40.7 Å². The molecule has 1 aliphatic rings. The normalized spacial score (nSPS) is 15.0. The van der Waals surface area contributed by atoms with Gasteiger partial charge in [-0.1, -0.05) is 23.2 Å². The Morgan fingerprint density at radius 2 is 2.07 bits per heavy atom. The summed E-state index contributed by atoms with van der Waals surface area (Å²) < 4.78 is 43.3. The zero-order valence-corrected chi connectivity index (χ0v) is 16.2. The van der Waals surface area contributed by atoms with Crippen molar-refractivity contribution in [1.82, 2.24) is 9.71 Å². The van der Waals surface area contributed by atoms with Gasteiger partial charge in [-0.25, -0.2) is 13.6 Å². The van der Waals surface area contributed by atoms with Crippen LogP contribution in [0.2, 0.25) is 10.0 Å². The van der Waals surface area contributed by atoms with Gasteiger partial charge in [-0.05, 0) is 6.07 Å². The lowest BCUT2D eigenvalue weighted by molar-refractivity contribution is -0.0813. The number of aromatic nitrogens is 1. The van der Waals surface area contributed by atoms with Crippen LogP contribution in [0.1, 0.15) is 10.4 Å². The number of benzene rings is 1. The van der Waals surface area contributed by atoms with Gasteiger partial charge in [-0.2, -0.15) is 0 Å². The van der Waals surface area contributed by atoms with Gasteiger partial charge in [0.2, 0.25) is 5.88 Å². The second kappa shape index (κ2) is 8.39. The van der Waals surface area contributed by atoms with Gasteiger partial charge in [0.05, 0.1) is 30.0 Å². The Balaban J connectivity index is 1.77. The van der Waals surface area contributed by atoms with Crippen LogP contribution in [0.4, 0.5) is 4.39 Å². The minimum absolute atomic E-state index is 0.0218. The number of rotatable bonds is 6. The minimum atomic E-state index is -1.64. The van der Waals surface area contributed by atoms with Gasteiger partial charge in [0.1, 0.15) is 39.4 Å². The molecule has 1 fully saturated rings. The third kappa shape index (κ3) is 4.86. The summed E-state index contributed by atoms with van der Waals surface area (Å²) in [4.78, 5) is 15.9. The number of carbonyl (C=O) groups excluding carboxylic acids is 1. The Kier molecular flexibility index (Phi) is 6.15. The van der Waals surface area contributed by atoms with Gasteiger partial charge in [-0.15, -0.1) is 0 Å². The van der Waals surface area contributed by atoms with Gasteiger partial charge < -0.3 is 14.2 Å². The molecule has 1 saturated heterocycles. The topological polar surface area (TPSA) is 86.8 Å². The first-order chi connectivity index (χ1) is 12.8. The van der Waals surface area contributed by atoms with Crippen molar-refractivity contribution in [2.45, 2.75) is 6.10 Å². The van der Waals surface area contributed by atoms with E-state index in [1.54, 1.807) is 0 Å². The van der Waals surface area contributed by atoms with Crippen LogP contribution in [0.25, 0.3) is 0 Å². The molecule has 2 heterocycles. The molecule has 1 aromatic carbocycles. The molecule has 0 spiro atoms. The lowest BCUT2D eigenvalue weighted by Gasteiger charge is -2.26. The summed E-state index contributed by atoms with van der Waals surface area (Å²) >= 11 is 12.2. The summed E-state index contributed by atoms with van der Waals surface area (Å²) in [6, 6.07) is 3.47. The van der Waals surface area contributed by atoms with Gasteiger partial charge in [-0.3, -0.25) is 9.52 Å². The number of nitrogens with one attached hydrogen (secondary N) is 1. The summed E-state index contributed by atoms with van der Waals surface area (Å²) in [5, 5.41) is 0.184. The molecule has 0 radical (unpaired) electrons. The van der Waals surface area contributed by atoms with E-state index in [0.29, 0.717) is 13.2 Å². The molecule has 11 heteroatoms. The highest BCUT2D eigenvalue weighted by Gasteiger charge is 2.22. The smallest absolute Gasteiger partial charge is 0.265 e. The number of nitrogens with zero attached hydrogens (tertiary/aromatic N) is 1. The molecule has 0 saturated carbocycles. The Morgan fingerprint density at radius 3 is 2.67 bits per heavy atom.